The lowest BCUT2D eigenvalue weighted by molar-refractivity contribution is 0.171. The van der Waals surface area contributed by atoms with Crippen LogP contribution < -0.4 is 14.8 Å². The first-order valence-electron chi connectivity index (χ1n) is 8.37. The Labute approximate surface area is 146 Å². The van der Waals surface area contributed by atoms with Crippen molar-refractivity contribution < 1.29 is 9.47 Å². The molecule has 2 aromatic heterocycles. The summed E-state index contributed by atoms with van der Waals surface area (Å²) in [4.78, 5) is 8.62. The first-order valence-corrected chi connectivity index (χ1v) is 8.37. The van der Waals surface area contributed by atoms with E-state index in [1.807, 2.05) is 49.8 Å². The molecule has 128 valence electrons. The van der Waals surface area contributed by atoms with Crippen LogP contribution in [0.3, 0.4) is 0 Å². The molecule has 0 unspecified atom stereocenters. The van der Waals surface area contributed by atoms with Gasteiger partial charge in [0, 0.05) is 49.1 Å². The number of ether oxygens (including phenoxy) is 2. The second-order valence-electron chi connectivity index (χ2n) is 5.92. The van der Waals surface area contributed by atoms with Crippen LogP contribution in [0.25, 0.3) is 11.4 Å². The van der Waals surface area contributed by atoms with Crippen molar-refractivity contribution in [3.63, 3.8) is 0 Å². The van der Waals surface area contributed by atoms with E-state index < -0.39 is 0 Å². The average molecular weight is 336 g/mol. The molecule has 6 nitrogen and oxygen atoms in total. The Kier molecular flexibility index (Phi) is 4.24. The van der Waals surface area contributed by atoms with Crippen LogP contribution in [0.15, 0.2) is 49.1 Å². The summed E-state index contributed by atoms with van der Waals surface area (Å²) in [5.74, 6) is 2.50. The topological polar surface area (TPSA) is 61.2 Å². The Hall–Kier alpha value is -3.02. The predicted octanol–water partition coefficient (Wildman–Crippen LogP) is 3.14. The van der Waals surface area contributed by atoms with Gasteiger partial charge in [0.25, 0.3) is 0 Å². The van der Waals surface area contributed by atoms with Crippen LogP contribution in [0.1, 0.15) is 5.56 Å². The molecular formula is C19H20N4O2. The highest BCUT2D eigenvalue weighted by Crippen LogP contribution is 2.34. The molecule has 6 heteroatoms. The molecule has 3 aromatic rings. The van der Waals surface area contributed by atoms with Crippen LogP contribution in [0.4, 0.5) is 5.69 Å². The summed E-state index contributed by atoms with van der Waals surface area (Å²) in [5, 5.41) is 3.45. The van der Waals surface area contributed by atoms with E-state index in [0.717, 1.165) is 47.2 Å². The van der Waals surface area contributed by atoms with Gasteiger partial charge < -0.3 is 19.4 Å². The van der Waals surface area contributed by atoms with Gasteiger partial charge in [-0.05, 0) is 36.8 Å². The summed E-state index contributed by atoms with van der Waals surface area (Å²) < 4.78 is 13.4. The van der Waals surface area contributed by atoms with E-state index in [2.05, 4.69) is 19.9 Å². The highest BCUT2D eigenvalue weighted by Gasteiger charge is 2.14. The number of nitrogens with one attached hydrogen (secondary N) is 1. The van der Waals surface area contributed by atoms with Crippen molar-refractivity contribution in [1.82, 2.24) is 14.5 Å². The van der Waals surface area contributed by atoms with Crippen LogP contribution in [-0.4, -0.2) is 34.3 Å². The van der Waals surface area contributed by atoms with Crippen molar-refractivity contribution in [1.29, 1.82) is 0 Å². The SMILES string of the molecule is Cc1cnccc1NCCn1ccnc1-c1ccc2c(c1)OCCO2. The molecule has 0 spiro atoms. The second-order valence-corrected chi connectivity index (χ2v) is 5.92. The van der Waals surface area contributed by atoms with Crippen molar-refractivity contribution in [2.45, 2.75) is 13.5 Å². The third kappa shape index (κ3) is 3.28. The number of nitrogens with zero attached hydrogens (tertiary/aromatic N) is 3. The molecule has 1 aliphatic heterocycles. The summed E-state index contributed by atoms with van der Waals surface area (Å²) in [5.41, 5.74) is 3.27. The third-order valence-electron chi connectivity index (χ3n) is 4.20. The monoisotopic (exact) mass is 336 g/mol. The Morgan fingerprint density at radius 2 is 2.00 bits per heavy atom. The number of anilines is 1. The van der Waals surface area contributed by atoms with E-state index in [-0.39, 0.29) is 0 Å². The number of benzene rings is 1. The molecule has 1 aromatic carbocycles. The molecule has 1 N–H and O–H groups in total. The second kappa shape index (κ2) is 6.84. The number of aryl methyl sites for hydroxylation is 1. The zero-order valence-corrected chi connectivity index (χ0v) is 14.1. The van der Waals surface area contributed by atoms with E-state index in [1.54, 1.807) is 6.20 Å². The van der Waals surface area contributed by atoms with Crippen molar-refractivity contribution in [3.05, 3.63) is 54.6 Å². The number of rotatable bonds is 5. The summed E-state index contributed by atoms with van der Waals surface area (Å²) >= 11 is 0. The van der Waals surface area contributed by atoms with E-state index in [9.17, 15) is 0 Å². The van der Waals surface area contributed by atoms with Gasteiger partial charge >= 0.3 is 0 Å². The van der Waals surface area contributed by atoms with Gasteiger partial charge in [-0.2, -0.15) is 0 Å². The maximum Gasteiger partial charge on any atom is 0.162 e. The minimum Gasteiger partial charge on any atom is -0.486 e. The molecule has 4 rings (SSSR count). The lowest BCUT2D eigenvalue weighted by Crippen LogP contribution is -2.15. The Morgan fingerprint density at radius 3 is 2.88 bits per heavy atom. The highest BCUT2D eigenvalue weighted by atomic mass is 16.6. The number of fused-ring (bicyclic) bond motifs is 1. The van der Waals surface area contributed by atoms with Crippen molar-refractivity contribution in [3.8, 4) is 22.9 Å². The minimum absolute atomic E-state index is 0.583. The fourth-order valence-corrected chi connectivity index (χ4v) is 2.92. The van der Waals surface area contributed by atoms with Crippen LogP contribution in [0, 0.1) is 6.92 Å². The molecule has 0 saturated heterocycles. The Morgan fingerprint density at radius 1 is 1.12 bits per heavy atom. The largest absolute Gasteiger partial charge is 0.486 e. The number of hydrogen-bond acceptors (Lipinski definition) is 5. The molecule has 0 saturated carbocycles. The quantitative estimate of drug-likeness (QED) is 0.775. The Balaban J connectivity index is 1.48. The van der Waals surface area contributed by atoms with Crippen molar-refractivity contribution in [2.24, 2.45) is 0 Å². The number of imidazole rings is 1. The zero-order chi connectivity index (χ0) is 17.1. The standard InChI is InChI=1S/C19H20N4O2/c1-14-13-20-5-4-16(14)21-6-8-23-9-7-22-19(23)15-2-3-17-18(12-15)25-11-10-24-17/h2-5,7,9,12-13H,6,8,10-11H2,1H3,(H,20,21). The van der Waals surface area contributed by atoms with E-state index in [1.165, 1.54) is 0 Å². The van der Waals surface area contributed by atoms with Gasteiger partial charge in [-0.15, -0.1) is 0 Å². The van der Waals surface area contributed by atoms with Crippen molar-refractivity contribution in [2.75, 3.05) is 25.1 Å². The summed E-state index contributed by atoms with van der Waals surface area (Å²) in [6.07, 6.45) is 7.48. The molecule has 0 amide bonds. The molecule has 0 aliphatic carbocycles. The number of aromatic nitrogens is 3. The van der Waals surface area contributed by atoms with Gasteiger partial charge in [0.15, 0.2) is 11.5 Å². The molecule has 0 bridgehead atoms. The van der Waals surface area contributed by atoms with Gasteiger partial charge in [0.05, 0.1) is 0 Å². The van der Waals surface area contributed by atoms with Gasteiger partial charge in [-0.3, -0.25) is 4.98 Å². The van der Waals surface area contributed by atoms with Gasteiger partial charge in [-0.1, -0.05) is 0 Å². The van der Waals surface area contributed by atoms with E-state index in [0.29, 0.717) is 13.2 Å². The maximum absolute atomic E-state index is 5.67. The third-order valence-corrected chi connectivity index (χ3v) is 4.20. The minimum atomic E-state index is 0.583. The molecule has 3 heterocycles. The first kappa shape index (κ1) is 15.5. The fourth-order valence-electron chi connectivity index (χ4n) is 2.92. The highest BCUT2D eigenvalue weighted by molar-refractivity contribution is 5.62. The molecule has 25 heavy (non-hydrogen) atoms. The molecule has 1 aliphatic rings. The maximum atomic E-state index is 5.67. The summed E-state index contributed by atoms with van der Waals surface area (Å²) in [6.45, 7) is 4.85. The smallest absolute Gasteiger partial charge is 0.162 e. The summed E-state index contributed by atoms with van der Waals surface area (Å²) in [7, 11) is 0. The van der Waals surface area contributed by atoms with E-state index >= 15 is 0 Å². The predicted molar refractivity (Wildman–Crippen MR) is 96.1 cm³/mol. The zero-order valence-electron chi connectivity index (χ0n) is 14.1. The Bertz CT molecular complexity index is 875. The van der Waals surface area contributed by atoms with Gasteiger partial charge in [0.1, 0.15) is 19.0 Å². The van der Waals surface area contributed by atoms with Gasteiger partial charge in [-0.25, -0.2) is 4.98 Å². The lowest BCUT2D eigenvalue weighted by Gasteiger charge is -2.19. The average Bonchev–Trinajstić information content (AvgIpc) is 3.11. The van der Waals surface area contributed by atoms with E-state index in [4.69, 9.17) is 9.47 Å². The molecular weight excluding hydrogens is 316 g/mol. The first-order chi connectivity index (χ1) is 12.3. The number of hydrogen-bond donors (Lipinski definition) is 1. The molecule has 0 atom stereocenters. The summed E-state index contributed by atoms with van der Waals surface area (Å²) in [6, 6.07) is 7.95. The van der Waals surface area contributed by atoms with Gasteiger partial charge in [0.2, 0.25) is 0 Å². The number of pyridine rings is 1. The van der Waals surface area contributed by atoms with Crippen molar-refractivity contribution >= 4 is 5.69 Å². The molecule has 0 radical (unpaired) electrons. The van der Waals surface area contributed by atoms with Crippen LogP contribution in [0.5, 0.6) is 11.5 Å². The molecule has 0 fully saturated rings. The normalized spacial score (nSPS) is 12.8. The van der Waals surface area contributed by atoms with Crippen LogP contribution in [0.2, 0.25) is 0 Å². The fraction of sp³-hybridized carbons (Fsp3) is 0.263. The van der Waals surface area contributed by atoms with Crippen LogP contribution >= 0.6 is 0 Å². The van der Waals surface area contributed by atoms with Crippen LogP contribution in [-0.2, 0) is 6.54 Å². The lowest BCUT2D eigenvalue weighted by atomic mass is 10.2.